The van der Waals surface area contributed by atoms with Crippen LogP contribution in [0, 0.1) is 0 Å². The lowest BCUT2D eigenvalue weighted by atomic mass is 9.84. The number of H-pyrrole nitrogens is 1. The van der Waals surface area contributed by atoms with E-state index in [4.69, 9.17) is 14.2 Å². The fourth-order valence-electron chi connectivity index (χ4n) is 6.92. The second-order valence-electron chi connectivity index (χ2n) is 13.0. The molecule has 18 heteroatoms. The summed E-state index contributed by atoms with van der Waals surface area (Å²) < 4.78 is 89.9. The van der Waals surface area contributed by atoms with Crippen LogP contribution in [0.2, 0.25) is 0 Å². The maximum absolute atomic E-state index is 14.3. The van der Waals surface area contributed by atoms with Gasteiger partial charge in [0.25, 0.3) is 0 Å². The second kappa shape index (κ2) is 13.9. The number of aromatic nitrogens is 5. The van der Waals surface area contributed by atoms with Crippen LogP contribution in [0.15, 0.2) is 66.1 Å². The number of hydrogen-bond acceptors (Lipinski definition) is 10. The molecule has 1 spiro atoms. The van der Waals surface area contributed by atoms with Gasteiger partial charge in [0.2, 0.25) is 15.9 Å². The zero-order valence-corrected chi connectivity index (χ0v) is 28.5. The maximum atomic E-state index is 14.3. The minimum Gasteiger partial charge on any atom is -0.494 e. The third-order valence-electron chi connectivity index (χ3n) is 9.71. The average Bonchev–Trinajstić information content (AvgIpc) is 3.90. The van der Waals surface area contributed by atoms with E-state index in [1.165, 1.54) is 11.8 Å². The highest BCUT2D eigenvalue weighted by Gasteiger charge is 2.48. The lowest BCUT2D eigenvalue weighted by Crippen LogP contribution is -2.59. The molecule has 0 saturated carbocycles. The van der Waals surface area contributed by atoms with Crippen LogP contribution in [0.25, 0.3) is 5.69 Å². The topological polar surface area (TPSA) is 157 Å². The molecule has 0 aliphatic carbocycles. The van der Waals surface area contributed by atoms with E-state index in [9.17, 15) is 26.4 Å². The Hall–Kier alpha value is -4.52. The zero-order chi connectivity index (χ0) is 35.8. The molecule has 2 aromatic carbocycles. The third-order valence-corrected chi connectivity index (χ3v) is 11.6. The smallest absolute Gasteiger partial charge is 0.416 e. The Kier molecular flexibility index (Phi) is 9.51. The van der Waals surface area contributed by atoms with Crippen molar-refractivity contribution in [3.63, 3.8) is 0 Å². The number of nitrogens with zero attached hydrogens (tertiary/aromatic N) is 6. The monoisotopic (exact) mass is 730 g/mol. The van der Waals surface area contributed by atoms with Crippen molar-refractivity contribution in [1.82, 2.24) is 39.5 Å². The number of para-hydroxylation sites is 2. The number of hydrogen-bond donors (Lipinski definition) is 2. The van der Waals surface area contributed by atoms with Crippen molar-refractivity contribution >= 4 is 15.9 Å². The summed E-state index contributed by atoms with van der Waals surface area (Å²) in [7, 11) is -3.14. The Labute approximate surface area is 291 Å². The molecule has 2 saturated heterocycles. The SMILES string of the molecule is COc1ccccc1-n1cc(CO[C@@H]2C[C@H]3C(=O)NC4(CCOc5ccc(C(F)(F)F)cc5S(=O)(=O)N3C2)CCN(Cc2cnc[nH]2)CC4)nn1. The number of fused-ring (bicyclic) bond motifs is 2. The number of methoxy groups -OCH3 is 1. The lowest BCUT2D eigenvalue weighted by Gasteiger charge is -2.43. The van der Waals surface area contributed by atoms with Crippen molar-refractivity contribution in [2.45, 2.75) is 67.6 Å². The molecule has 5 heterocycles. The number of aromatic amines is 1. The number of piperidine rings is 1. The first-order valence-electron chi connectivity index (χ1n) is 16.5. The Balaban J connectivity index is 1.15. The zero-order valence-electron chi connectivity index (χ0n) is 27.7. The summed E-state index contributed by atoms with van der Waals surface area (Å²) in [4.78, 5) is 22.9. The van der Waals surface area contributed by atoms with Gasteiger partial charge in [-0.2, -0.15) is 17.5 Å². The van der Waals surface area contributed by atoms with Crippen LogP contribution >= 0.6 is 0 Å². The molecule has 3 aliphatic rings. The van der Waals surface area contributed by atoms with Crippen molar-refractivity contribution in [2.24, 2.45) is 0 Å². The Morgan fingerprint density at radius 1 is 1.12 bits per heavy atom. The fraction of sp³-hybridized carbons (Fsp3) is 0.455. The van der Waals surface area contributed by atoms with Gasteiger partial charge in [-0.05, 0) is 43.2 Å². The van der Waals surface area contributed by atoms with E-state index in [2.05, 4.69) is 30.5 Å². The van der Waals surface area contributed by atoms with Gasteiger partial charge in [0.05, 0.1) is 44.5 Å². The van der Waals surface area contributed by atoms with Gasteiger partial charge in [-0.15, -0.1) is 5.10 Å². The molecule has 0 bridgehead atoms. The van der Waals surface area contributed by atoms with E-state index in [0.29, 0.717) is 62.1 Å². The molecule has 0 unspecified atom stereocenters. The van der Waals surface area contributed by atoms with Gasteiger partial charge in [-0.25, -0.2) is 18.1 Å². The summed E-state index contributed by atoms with van der Waals surface area (Å²) >= 11 is 0. The van der Waals surface area contributed by atoms with Gasteiger partial charge in [-0.3, -0.25) is 9.69 Å². The summed E-state index contributed by atoms with van der Waals surface area (Å²) in [5, 5.41) is 11.5. The molecule has 51 heavy (non-hydrogen) atoms. The van der Waals surface area contributed by atoms with Gasteiger partial charge in [0, 0.05) is 56.5 Å². The highest BCUT2D eigenvalue weighted by molar-refractivity contribution is 7.89. The van der Waals surface area contributed by atoms with E-state index in [0.717, 1.165) is 22.1 Å². The van der Waals surface area contributed by atoms with Gasteiger partial charge >= 0.3 is 6.18 Å². The number of sulfonamides is 1. The highest BCUT2D eigenvalue weighted by Crippen LogP contribution is 2.39. The first-order valence-corrected chi connectivity index (χ1v) is 17.9. The number of amides is 1. The van der Waals surface area contributed by atoms with E-state index < -0.39 is 50.3 Å². The molecule has 2 N–H and O–H groups in total. The molecule has 4 aromatic rings. The number of nitrogens with one attached hydrogen (secondary N) is 2. The van der Waals surface area contributed by atoms with E-state index >= 15 is 0 Å². The van der Waals surface area contributed by atoms with Crippen LogP contribution < -0.4 is 14.8 Å². The molecule has 1 amide bonds. The molecule has 2 aromatic heterocycles. The molecular weight excluding hydrogens is 693 g/mol. The number of rotatable bonds is 7. The van der Waals surface area contributed by atoms with Crippen molar-refractivity contribution in [1.29, 1.82) is 0 Å². The normalized spacial score (nSPS) is 22.4. The van der Waals surface area contributed by atoms with E-state index in [1.54, 1.807) is 30.9 Å². The van der Waals surface area contributed by atoms with E-state index in [1.807, 2.05) is 12.1 Å². The number of carbonyl (C=O) groups is 1. The number of imidazole rings is 1. The maximum Gasteiger partial charge on any atom is 0.416 e. The summed E-state index contributed by atoms with van der Waals surface area (Å²) in [5.41, 5.74) is 0.164. The Morgan fingerprint density at radius 3 is 2.67 bits per heavy atom. The van der Waals surface area contributed by atoms with E-state index in [-0.39, 0.29) is 31.9 Å². The molecule has 7 rings (SSSR count). The van der Waals surface area contributed by atoms with Gasteiger partial charge in [0.1, 0.15) is 33.8 Å². The molecule has 3 aliphatic heterocycles. The molecule has 14 nitrogen and oxygen atoms in total. The molecule has 0 radical (unpaired) electrons. The van der Waals surface area contributed by atoms with Crippen molar-refractivity contribution in [3.05, 3.63) is 78.1 Å². The number of alkyl halides is 3. The largest absolute Gasteiger partial charge is 0.494 e. The minimum atomic E-state index is -4.81. The van der Waals surface area contributed by atoms with Gasteiger partial charge in [-0.1, -0.05) is 17.3 Å². The Morgan fingerprint density at radius 2 is 1.92 bits per heavy atom. The van der Waals surface area contributed by atoms with Crippen molar-refractivity contribution < 1.29 is 40.6 Å². The number of benzene rings is 2. The van der Waals surface area contributed by atoms with Gasteiger partial charge < -0.3 is 24.5 Å². The number of halogens is 3. The number of carbonyl (C=O) groups excluding carboxylic acids is 1. The van der Waals surface area contributed by atoms with Crippen LogP contribution in [0.1, 0.15) is 42.6 Å². The molecule has 2 atom stereocenters. The molecular formula is C33H37F3N8O6S. The fourth-order valence-corrected chi connectivity index (χ4v) is 8.71. The average molecular weight is 731 g/mol. The molecule has 2 fully saturated rings. The predicted molar refractivity (Wildman–Crippen MR) is 174 cm³/mol. The number of ether oxygens (including phenoxy) is 3. The van der Waals surface area contributed by atoms with Crippen molar-refractivity contribution in [2.75, 3.05) is 33.4 Å². The molecule has 272 valence electrons. The first kappa shape index (κ1) is 34.9. The van der Waals surface area contributed by atoms with Crippen LogP contribution in [-0.4, -0.2) is 99.5 Å². The Bertz CT molecular complexity index is 1960. The standard InChI is InChI=1S/C33H37F3N8O6S/c1-48-28-5-3-2-4-26(28)43-18-24(40-41-43)20-50-25-15-27-31(45)39-32(8-11-42(12-9-32)17-23-16-37-21-38-23)10-13-49-29-7-6-22(33(34,35)36)14-30(29)51(46,47)44(27)19-25/h2-7,14,16,18,21,25,27H,8-13,15,17,19-20H2,1H3,(H,37,38)(H,39,45)/t25-,27+/m1/s1. The lowest BCUT2D eigenvalue weighted by molar-refractivity contribution is -0.137. The summed E-state index contributed by atoms with van der Waals surface area (Å²) in [6.07, 6.45) is 0.833. The van der Waals surface area contributed by atoms with Crippen LogP contribution in [-0.2, 0) is 38.9 Å². The quantitative estimate of drug-likeness (QED) is 0.289. The van der Waals surface area contributed by atoms with Crippen molar-refractivity contribution in [3.8, 4) is 17.2 Å². The summed E-state index contributed by atoms with van der Waals surface area (Å²) in [6, 6.07) is 8.39. The first-order chi connectivity index (χ1) is 24.4. The van der Waals surface area contributed by atoms with Crippen LogP contribution in [0.4, 0.5) is 13.2 Å². The van der Waals surface area contributed by atoms with Crippen LogP contribution in [0.3, 0.4) is 0 Å². The minimum absolute atomic E-state index is 0.0132. The second-order valence-corrected chi connectivity index (χ2v) is 14.8. The van der Waals surface area contributed by atoms with Gasteiger partial charge in [0.15, 0.2) is 0 Å². The predicted octanol–water partition coefficient (Wildman–Crippen LogP) is 3.30. The highest BCUT2D eigenvalue weighted by atomic mass is 32.2. The third kappa shape index (κ3) is 7.31. The summed E-state index contributed by atoms with van der Waals surface area (Å²) in [6.45, 7) is 1.58. The number of likely N-dealkylation sites (tertiary alicyclic amines) is 1. The van der Waals surface area contributed by atoms with Crippen LogP contribution in [0.5, 0.6) is 11.5 Å². The summed E-state index contributed by atoms with van der Waals surface area (Å²) in [5.74, 6) is -0.169.